The summed E-state index contributed by atoms with van der Waals surface area (Å²) in [5, 5.41) is 1.97. The Morgan fingerprint density at radius 2 is 1.90 bits per heavy atom. The molecule has 144 valence electrons. The van der Waals surface area contributed by atoms with Crippen molar-refractivity contribution in [2.45, 2.75) is 17.5 Å². The summed E-state index contributed by atoms with van der Waals surface area (Å²) in [6.07, 6.45) is 6.27. The topological polar surface area (TPSA) is 61.9 Å². The molecule has 0 unspecified atom stereocenters. The molecule has 0 spiro atoms. The highest BCUT2D eigenvalue weighted by Gasteiger charge is 2.36. The van der Waals surface area contributed by atoms with E-state index < -0.39 is 0 Å². The van der Waals surface area contributed by atoms with E-state index in [-0.39, 0.29) is 11.9 Å². The van der Waals surface area contributed by atoms with Gasteiger partial charge in [-0.05, 0) is 48.6 Å². The zero-order valence-electron chi connectivity index (χ0n) is 16.0. The zero-order valence-corrected chi connectivity index (χ0v) is 16.8. The van der Waals surface area contributed by atoms with Crippen LogP contribution in [0.4, 0.5) is 0 Å². The number of fused-ring (bicyclic) bond motifs is 3. The van der Waals surface area contributed by atoms with E-state index in [2.05, 4.69) is 33.2 Å². The number of para-hydroxylation sites is 1. The first-order chi connectivity index (χ1) is 14.3. The SMILES string of the molecule is CSc1ncccc1C(=O)N1CCc2c([nH]c3ccccc23)[C@H]1c1ccccn1. The summed E-state index contributed by atoms with van der Waals surface area (Å²) in [6, 6.07) is 17.6. The fourth-order valence-corrected chi connectivity index (χ4v) is 4.72. The third-order valence-corrected chi connectivity index (χ3v) is 6.17. The molecule has 4 heterocycles. The van der Waals surface area contributed by atoms with Gasteiger partial charge in [0.25, 0.3) is 5.91 Å². The summed E-state index contributed by atoms with van der Waals surface area (Å²) >= 11 is 1.49. The monoisotopic (exact) mass is 400 g/mol. The number of H-pyrrole nitrogens is 1. The van der Waals surface area contributed by atoms with E-state index in [4.69, 9.17) is 0 Å². The second-order valence-electron chi connectivity index (χ2n) is 7.03. The van der Waals surface area contributed by atoms with Crippen molar-refractivity contribution in [2.24, 2.45) is 0 Å². The number of nitrogens with one attached hydrogen (secondary N) is 1. The Morgan fingerprint density at radius 3 is 2.72 bits per heavy atom. The molecule has 1 aromatic carbocycles. The number of rotatable bonds is 3. The lowest BCUT2D eigenvalue weighted by Crippen LogP contribution is -2.41. The molecule has 0 saturated carbocycles. The number of benzene rings is 1. The summed E-state index contributed by atoms with van der Waals surface area (Å²) in [5.41, 5.74) is 4.93. The number of thioether (sulfide) groups is 1. The maximum Gasteiger partial charge on any atom is 0.257 e. The number of aromatic amines is 1. The van der Waals surface area contributed by atoms with Crippen LogP contribution in [0.25, 0.3) is 10.9 Å². The molecule has 1 aliphatic heterocycles. The average molecular weight is 401 g/mol. The molecule has 4 aromatic rings. The van der Waals surface area contributed by atoms with Gasteiger partial charge in [0.05, 0.1) is 11.3 Å². The van der Waals surface area contributed by atoms with Crippen molar-refractivity contribution in [1.29, 1.82) is 0 Å². The fraction of sp³-hybridized carbons (Fsp3) is 0.174. The van der Waals surface area contributed by atoms with E-state index in [1.165, 1.54) is 22.7 Å². The predicted molar refractivity (Wildman–Crippen MR) is 115 cm³/mol. The van der Waals surface area contributed by atoms with Gasteiger partial charge >= 0.3 is 0 Å². The van der Waals surface area contributed by atoms with Crippen molar-refractivity contribution in [3.8, 4) is 0 Å². The van der Waals surface area contributed by atoms with Crippen LogP contribution in [0.3, 0.4) is 0 Å². The lowest BCUT2D eigenvalue weighted by Gasteiger charge is -2.35. The number of hydrogen-bond donors (Lipinski definition) is 1. The van der Waals surface area contributed by atoms with Crippen LogP contribution in [-0.4, -0.2) is 38.6 Å². The Morgan fingerprint density at radius 1 is 1.07 bits per heavy atom. The summed E-state index contributed by atoms with van der Waals surface area (Å²) in [6.45, 7) is 0.637. The van der Waals surface area contributed by atoms with Gasteiger partial charge in [-0.2, -0.15) is 0 Å². The summed E-state index contributed by atoms with van der Waals surface area (Å²) in [5.74, 6) is -0.0117. The molecule has 1 amide bonds. The maximum absolute atomic E-state index is 13.6. The summed E-state index contributed by atoms with van der Waals surface area (Å²) in [4.78, 5) is 28.1. The largest absolute Gasteiger partial charge is 0.356 e. The lowest BCUT2D eigenvalue weighted by molar-refractivity contribution is 0.0684. The molecular formula is C23H20N4OS. The lowest BCUT2D eigenvalue weighted by atomic mass is 9.94. The fourth-order valence-electron chi connectivity index (χ4n) is 4.18. The molecule has 0 radical (unpaired) electrons. The minimum absolute atomic E-state index is 0.0117. The quantitative estimate of drug-likeness (QED) is 0.516. The number of carbonyl (C=O) groups is 1. The van der Waals surface area contributed by atoms with E-state index in [9.17, 15) is 4.79 Å². The Hall–Kier alpha value is -3.12. The highest BCUT2D eigenvalue weighted by atomic mass is 32.2. The molecule has 5 rings (SSSR count). The highest BCUT2D eigenvalue weighted by molar-refractivity contribution is 7.98. The molecule has 6 heteroatoms. The Kier molecular flexibility index (Phi) is 4.56. The van der Waals surface area contributed by atoms with Gasteiger partial charge in [0, 0.05) is 35.5 Å². The molecule has 0 aliphatic carbocycles. The van der Waals surface area contributed by atoms with Gasteiger partial charge in [-0.3, -0.25) is 9.78 Å². The summed E-state index contributed by atoms with van der Waals surface area (Å²) < 4.78 is 0. The number of hydrogen-bond acceptors (Lipinski definition) is 4. The van der Waals surface area contributed by atoms with Gasteiger partial charge in [-0.1, -0.05) is 24.3 Å². The van der Waals surface area contributed by atoms with Crippen molar-refractivity contribution in [1.82, 2.24) is 19.9 Å². The second kappa shape index (κ2) is 7.37. The third-order valence-electron chi connectivity index (χ3n) is 5.46. The normalized spacial score (nSPS) is 16.0. The smallest absolute Gasteiger partial charge is 0.257 e. The number of amides is 1. The molecule has 3 aromatic heterocycles. The Labute approximate surface area is 173 Å². The molecule has 1 aliphatic rings. The highest BCUT2D eigenvalue weighted by Crippen LogP contribution is 2.38. The zero-order chi connectivity index (χ0) is 19.8. The number of aromatic nitrogens is 3. The van der Waals surface area contributed by atoms with Gasteiger partial charge < -0.3 is 9.88 Å². The molecule has 5 nitrogen and oxygen atoms in total. The number of carbonyl (C=O) groups excluding carboxylic acids is 1. The molecule has 0 fully saturated rings. The van der Waals surface area contributed by atoms with Crippen LogP contribution in [0.1, 0.15) is 33.4 Å². The molecule has 1 atom stereocenters. The molecule has 0 bridgehead atoms. The minimum Gasteiger partial charge on any atom is -0.356 e. The van der Waals surface area contributed by atoms with E-state index in [1.54, 1.807) is 12.4 Å². The summed E-state index contributed by atoms with van der Waals surface area (Å²) in [7, 11) is 0. The van der Waals surface area contributed by atoms with Crippen LogP contribution < -0.4 is 0 Å². The van der Waals surface area contributed by atoms with Crippen molar-refractivity contribution >= 4 is 28.6 Å². The van der Waals surface area contributed by atoms with Crippen LogP contribution in [0.2, 0.25) is 0 Å². The average Bonchev–Trinajstić information content (AvgIpc) is 3.17. The van der Waals surface area contributed by atoms with E-state index in [0.29, 0.717) is 12.1 Å². The first-order valence-electron chi connectivity index (χ1n) is 9.58. The number of pyridine rings is 2. The van der Waals surface area contributed by atoms with Crippen LogP contribution in [-0.2, 0) is 6.42 Å². The van der Waals surface area contributed by atoms with Gasteiger partial charge in [0.1, 0.15) is 11.1 Å². The van der Waals surface area contributed by atoms with E-state index in [0.717, 1.165) is 28.4 Å². The van der Waals surface area contributed by atoms with Crippen LogP contribution in [0.15, 0.2) is 72.0 Å². The van der Waals surface area contributed by atoms with Crippen molar-refractivity contribution in [3.05, 3.63) is 89.5 Å². The molecule has 29 heavy (non-hydrogen) atoms. The Bertz CT molecular complexity index is 1190. The molecular weight excluding hydrogens is 380 g/mol. The van der Waals surface area contributed by atoms with Crippen molar-refractivity contribution < 1.29 is 4.79 Å². The first-order valence-corrected chi connectivity index (χ1v) is 10.8. The van der Waals surface area contributed by atoms with E-state index >= 15 is 0 Å². The maximum atomic E-state index is 13.6. The molecule has 0 saturated heterocycles. The van der Waals surface area contributed by atoms with Crippen LogP contribution >= 0.6 is 11.8 Å². The van der Waals surface area contributed by atoms with Gasteiger partial charge in [0.15, 0.2) is 0 Å². The minimum atomic E-state index is -0.255. The van der Waals surface area contributed by atoms with Crippen LogP contribution in [0, 0.1) is 0 Å². The Balaban J connectivity index is 1.67. The first kappa shape index (κ1) is 17.9. The number of nitrogens with zero attached hydrogens (tertiary/aromatic N) is 3. The van der Waals surface area contributed by atoms with Crippen molar-refractivity contribution in [2.75, 3.05) is 12.8 Å². The van der Waals surface area contributed by atoms with Crippen LogP contribution in [0.5, 0.6) is 0 Å². The van der Waals surface area contributed by atoms with E-state index in [1.807, 2.05) is 47.6 Å². The molecule has 1 N–H and O–H groups in total. The van der Waals surface area contributed by atoms with Gasteiger partial charge in [-0.15, -0.1) is 11.8 Å². The second-order valence-corrected chi connectivity index (χ2v) is 7.82. The predicted octanol–water partition coefficient (Wildman–Crippen LogP) is 4.47. The standard InChI is InChI=1S/C23H20N4OS/c1-29-22-17(8-6-13-25-22)23(28)27-14-11-16-15-7-2-3-9-18(15)26-20(16)21(27)19-10-4-5-12-24-19/h2-10,12-13,21,26H,11,14H2,1H3/t21-/m1/s1. The third kappa shape index (κ3) is 3.00. The van der Waals surface area contributed by atoms with Gasteiger partial charge in [0.2, 0.25) is 0 Å². The van der Waals surface area contributed by atoms with Gasteiger partial charge in [-0.25, -0.2) is 4.98 Å². The van der Waals surface area contributed by atoms with Crippen molar-refractivity contribution in [3.63, 3.8) is 0 Å².